The second kappa shape index (κ2) is 7.16. The third-order valence-electron chi connectivity index (χ3n) is 4.49. The number of carbonyl (C=O) groups is 1. The van der Waals surface area contributed by atoms with Crippen molar-refractivity contribution in [1.82, 2.24) is 0 Å². The molecule has 3 heteroatoms. The van der Waals surface area contributed by atoms with Crippen LogP contribution in [0.25, 0.3) is 21.5 Å². The van der Waals surface area contributed by atoms with E-state index in [0.29, 0.717) is 6.54 Å². The topological polar surface area (TPSA) is 20.9 Å². The Balaban J connectivity index is 0.00000182. The molecule has 0 spiro atoms. The van der Waals surface area contributed by atoms with Gasteiger partial charge in [0.2, 0.25) is 12.3 Å². The minimum Gasteiger partial charge on any atom is -1.00 e. The number of rotatable bonds is 3. The summed E-state index contributed by atoms with van der Waals surface area (Å²) in [5.41, 5.74) is 1.84. The molecular weight excluding hydrogens is 374 g/mol. The highest BCUT2D eigenvalue weighted by Crippen LogP contribution is 2.16. The minimum absolute atomic E-state index is 0. The Bertz CT molecular complexity index is 1070. The highest BCUT2D eigenvalue weighted by Gasteiger charge is 2.16. The van der Waals surface area contributed by atoms with Gasteiger partial charge >= 0.3 is 0 Å². The predicted octanol–water partition coefficient (Wildman–Crippen LogP) is 1.48. The highest BCUT2D eigenvalue weighted by atomic mass is 79.9. The summed E-state index contributed by atoms with van der Waals surface area (Å²) in [5, 5.41) is 4.60. The average molecular weight is 392 g/mol. The van der Waals surface area contributed by atoms with E-state index in [1.54, 1.807) is 0 Å². The number of ketones is 1. The van der Waals surface area contributed by atoms with Crippen LogP contribution in [0.4, 0.5) is 0 Å². The molecule has 0 aliphatic carbocycles. The van der Waals surface area contributed by atoms with Crippen molar-refractivity contribution in [3.05, 3.63) is 90.3 Å². The third-order valence-corrected chi connectivity index (χ3v) is 4.49. The van der Waals surface area contributed by atoms with Crippen LogP contribution in [0.15, 0.2) is 79.0 Å². The van der Waals surface area contributed by atoms with Crippen LogP contribution in [0.3, 0.4) is 0 Å². The van der Waals surface area contributed by atoms with E-state index in [0.717, 1.165) is 27.4 Å². The van der Waals surface area contributed by atoms with Gasteiger partial charge in [0.1, 0.15) is 0 Å². The molecule has 4 aromatic rings. The Morgan fingerprint density at radius 3 is 2.12 bits per heavy atom. The summed E-state index contributed by atoms with van der Waals surface area (Å²) in [4.78, 5) is 12.7. The van der Waals surface area contributed by atoms with Gasteiger partial charge in [0, 0.05) is 23.9 Å². The van der Waals surface area contributed by atoms with E-state index in [2.05, 4.69) is 30.5 Å². The zero-order valence-electron chi connectivity index (χ0n) is 13.9. The molecule has 0 radical (unpaired) electrons. The predicted molar refractivity (Wildman–Crippen MR) is 97.2 cm³/mol. The smallest absolute Gasteiger partial charge is 0.227 e. The van der Waals surface area contributed by atoms with Crippen LogP contribution in [-0.2, 0) is 6.54 Å². The standard InChI is InChI=1S/C22H18NO.BrH/c1-16-12-18-7-4-5-9-21(18)14-23(16)15-22(24)20-11-10-17-6-2-3-8-19(17)13-20;/h2-14H,15H2,1H3;1H/q+1;/p-1. The molecule has 1 aromatic heterocycles. The van der Waals surface area contributed by atoms with Crippen molar-refractivity contribution >= 4 is 27.3 Å². The van der Waals surface area contributed by atoms with Crippen molar-refractivity contribution in [2.75, 3.05) is 0 Å². The molecule has 0 bridgehead atoms. The average Bonchev–Trinajstić information content (AvgIpc) is 2.62. The first-order chi connectivity index (χ1) is 11.7. The van der Waals surface area contributed by atoms with Crippen molar-refractivity contribution in [2.45, 2.75) is 13.5 Å². The molecule has 0 aliphatic heterocycles. The Labute approximate surface area is 157 Å². The van der Waals surface area contributed by atoms with Gasteiger partial charge < -0.3 is 17.0 Å². The number of nitrogens with zero attached hydrogens (tertiary/aromatic N) is 1. The van der Waals surface area contributed by atoms with Gasteiger partial charge in [-0.05, 0) is 28.3 Å². The van der Waals surface area contributed by atoms with Crippen LogP contribution in [0.5, 0.6) is 0 Å². The summed E-state index contributed by atoms with van der Waals surface area (Å²) in [5.74, 6) is 0.129. The van der Waals surface area contributed by atoms with Crippen molar-refractivity contribution < 1.29 is 26.3 Å². The number of aromatic nitrogens is 1. The normalized spacial score (nSPS) is 10.6. The molecule has 25 heavy (non-hydrogen) atoms. The molecule has 3 aromatic carbocycles. The van der Waals surface area contributed by atoms with E-state index in [9.17, 15) is 4.79 Å². The first-order valence-electron chi connectivity index (χ1n) is 8.11. The maximum absolute atomic E-state index is 12.7. The number of aryl methyl sites for hydroxylation is 1. The summed E-state index contributed by atoms with van der Waals surface area (Å²) < 4.78 is 2.03. The van der Waals surface area contributed by atoms with Gasteiger partial charge in [0.25, 0.3) is 0 Å². The number of benzene rings is 3. The second-order valence-corrected chi connectivity index (χ2v) is 6.16. The molecule has 0 atom stereocenters. The summed E-state index contributed by atoms with van der Waals surface area (Å²) in [6.45, 7) is 2.40. The van der Waals surface area contributed by atoms with Crippen molar-refractivity contribution in [3.8, 4) is 0 Å². The SMILES string of the molecule is Cc1cc2ccccc2c[n+]1CC(=O)c1ccc2ccccc2c1.[Br-]. The van der Waals surface area contributed by atoms with E-state index >= 15 is 0 Å². The number of pyridine rings is 1. The molecule has 2 nitrogen and oxygen atoms in total. The van der Waals surface area contributed by atoms with Crippen molar-refractivity contribution in [3.63, 3.8) is 0 Å². The Morgan fingerprint density at radius 1 is 0.800 bits per heavy atom. The molecule has 1 heterocycles. The van der Waals surface area contributed by atoms with Crippen molar-refractivity contribution in [2.24, 2.45) is 0 Å². The number of fused-ring (bicyclic) bond motifs is 2. The van der Waals surface area contributed by atoms with Gasteiger partial charge in [-0.1, -0.05) is 54.6 Å². The van der Waals surface area contributed by atoms with Gasteiger partial charge in [-0.2, -0.15) is 4.57 Å². The molecule has 0 unspecified atom stereocenters. The van der Waals surface area contributed by atoms with Crippen molar-refractivity contribution in [1.29, 1.82) is 0 Å². The highest BCUT2D eigenvalue weighted by molar-refractivity contribution is 5.99. The van der Waals surface area contributed by atoms with Crippen LogP contribution in [0.1, 0.15) is 16.1 Å². The van der Waals surface area contributed by atoms with Crippen LogP contribution in [-0.4, -0.2) is 5.78 Å². The molecule has 4 rings (SSSR count). The minimum atomic E-state index is 0. The van der Waals surface area contributed by atoms with E-state index < -0.39 is 0 Å². The maximum Gasteiger partial charge on any atom is 0.227 e. The molecule has 0 amide bonds. The fraction of sp³-hybridized carbons (Fsp3) is 0.0909. The lowest BCUT2D eigenvalue weighted by molar-refractivity contribution is -0.687. The second-order valence-electron chi connectivity index (χ2n) is 6.16. The van der Waals surface area contributed by atoms with Gasteiger partial charge in [0.15, 0.2) is 11.9 Å². The first-order valence-corrected chi connectivity index (χ1v) is 8.11. The summed E-state index contributed by atoms with van der Waals surface area (Å²) >= 11 is 0. The number of hydrogen-bond donors (Lipinski definition) is 0. The van der Waals surface area contributed by atoms with Crippen LogP contribution in [0, 0.1) is 6.92 Å². The molecule has 0 saturated carbocycles. The molecule has 0 N–H and O–H groups in total. The fourth-order valence-electron chi connectivity index (χ4n) is 3.12. The quantitative estimate of drug-likeness (QED) is 0.382. The summed E-state index contributed by atoms with van der Waals surface area (Å²) in [6.07, 6.45) is 2.06. The summed E-state index contributed by atoms with van der Waals surface area (Å²) in [7, 11) is 0. The lowest BCUT2D eigenvalue weighted by atomic mass is 10.0. The van der Waals surface area contributed by atoms with E-state index in [1.807, 2.05) is 60.0 Å². The van der Waals surface area contributed by atoms with Gasteiger partial charge in [0.05, 0.1) is 0 Å². The monoisotopic (exact) mass is 391 g/mol. The molecule has 0 saturated heterocycles. The zero-order chi connectivity index (χ0) is 16.5. The number of halogens is 1. The van der Waals surface area contributed by atoms with E-state index in [1.165, 1.54) is 5.39 Å². The van der Waals surface area contributed by atoms with Crippen LogP contribution >= 0.6 is 0 Å². The molecular formula is C22H18BrNO. The lowest BCUT2D eigenvalue weighted by Gasteiger charge is -2.04. The Kier molecular flexibility index (Phi) is 4.95. The first kappa shape index (κ1) is 17.3. The van der Waals surface area contributed by atoms with Gasteiger partial charge in [-0.25, -0.2) is 0 Å². The Hall–Kier alpha value is -2.52. The Morgan fingerprint density at radius 2 is 1.40 bits per heavy atom. The largest absolute Gasteiger partial charge is 1.00 e. The fourth-order valence-corrected chi connectivity index (χ4v) is 3.12. The summed E-state index contributed by atoms with van der Waals surface area (Å²) in [6, 6.07) is 24.4. The lowest BCUT2D eigenvalue weighted by Crippen LogP contribution is -3.00. The molecule has 124 valence electrons. The van der Waals surface area contributed by atoms with Crippen LogP contribution < -0.4 is 21.5 Å². The zero-order valence-corrected chi connectivity index (χ0v) is 15.5. The van der Waals surface area contributed by atoms with Gasteiger partial charge in [-0.15, -0.1) is 0 Å². The third kappa shape index (κ3) is 3.47. The maximum atomic E-state index is 12.7. The number of carbonyl (C=O) groups excluding carboxylic acids is 1. The van der Waals surface area contributed by atoms with E-state index in [-0.39, 0.29) is 22.8 Å². The van der Waals surface area contributed by atoms with Crippen LogP contribution in [0.2, 0.25) is 0 Å². The van der Waals surface area contributed by atoms with Gasteiger partial charge in [-0.3, -0.25) is 4.79 Å². The molecule has 0 aliphatic rings. The number of hydrogen-bond acceptors (Lipinski definition) is 1. The molecule has 0 fully saturated rings. The van der Waals surface area contributed by atoms with E-state index in [4.69, 9.17) is 0 Å². The number of Topliss-reactive ketones (excluding diaryl/α,β-unsaturated/α-hetero) is 1.